The van der Waals surface area contributed by atoms with Crippen LogP contribution in [0.15, 0.2) is 29.3 Å². The SMILES string of the molecule is CCNC(=NCc1sc(C)nc1C)NC(C)c1ccc(Cl)cc1.I. The number of aliphatic imine (C=N–C) groups is 1. The fourth-order valence-corrected chi connectivity index (χ4v) is 3.22. The number of hydrogen-bond acceptors (Lipinski definition) is 3. The maximum atomic E-state index is 5.94. The van der Waals surface area contributed by atoms with Gasteiger partial charge in [0.25, 0.3) is 0 Å². The predicted molar refractivity (Wildman–Crippen MR) is 115 cm³/mol. The van der Waals surface area contributed by atoms with Crippen LogP contribution in [-0.2, 0) is 6.54 Å². The van der Waals surface area contributed by atoms with Crippen LogP contribution < -0.4 is 10.6 Å². The van der Waals surface area contributed by atoms with Crippen LogP contribution in [0, 0.1) is 13.8 Å². The molecule has 1 unspecified atom stereocenters. The molecule has 0 spiro atoms. The lowest BCUT2D eigenvalue weighted by molar-refractivity contribution is 0.686. The highest BCUT2D eigenvalue weighted by molar-refractivity contribution is 14.0. The van der Waals surface area contributed by atoms with Gasteiger partial charge < -0.3 is 10.6 Å². The number of aromatic nitrogens is 1. The molecule has 1 heterocycles. The van der Waals surface area contributed by atoms with Gasteiger partial charge in [-0.1, -0.05) is 23.7 Å². The van der Waals surface area contributed by atoms with E-state index >= 15 is 0 Å². The van der Waals surface area contributed by atoms with Crippen molar-refractivity contribution in [3.63, 3.8) is 0 Å². The maximum absolute atomic E-state index is 5.94. The second kappa shape index (κ2) is 10.2. The standard InChI is InChI=1S/C17H23ClN4S.HI/c1-5-19-17(20-10-16-12(3)21-13(4)23-16)22-11(2)14-6-8-15(18)9-7-14;/h6-9,11H,5,10H2,1-4H3,(H2,19,20,22);1H. The molecule has 1 aromatic heterocycles. The van der Waals surface area contributed by atoms with Crippen LogP contribution in [0.5, 0.6) is 0 Å². The molecule has 0 aliphatic carbocycles. The first-order chi connectivity index (χ1) is 11.0. The maximum Gasteiger partial charge on any atom is 0.192 e. The van der Waals surface area contributed by atoms with Crippen LogP contribution in [-0.4, -0.2) is 17.5 Å². The summed E-state index contributed by atoms with van der Waals surface area (Å²) >= 11 is 7.65. The van der Waals surface area contributed by atoms with Gasteiger partial charge in [-0.15, -0.1) is 35.3 Å². The zero-order valence-electron chi connectivity index (χ0n) is 14.4. The molecule has 0 aliphatic heterocycles. The molecule has 0 saturated carbocycles. The second-order valence-electron chi connectivity index (χ2n) is 5.35. The first kappa shape index (κ1) is 21.2. The normalized spacial score (nSPS) is 12.5. The minimum Gasteiger partial charge on any atom is -0.357 e. The van der Waals surface area contributed by atoms with Crippen molar-refractivity contribution in [2.45, 2.75) is 40.3 Å². The van der Waals surface area contributed by atoms with Gasteiger partial charge in [-0.3, -0.25) is 0 Å². The summed E-state index contributed by atoms with van der Waals surface area (Å²) < 4.78 is 0. The Labute approximate surface area is 170 Å². The number of benzene rings is 1. The fourth-order valence-electron chi connectivity index (χ4n) is 2.23. The van der Waals surface area contributed by atoms with Crippen molar-refractivity contribution in [1.29, 1.82) is 0 Å². The molecule has 7 heteroatoms. The fraction of sp³-hybridized carbons (Fsp3) is 0.412. The monoisotopic (exact) mass is 478 g/mol. The van der Waals surface area contributed by atoms with Crippen LogP contribution in [0.1, 0.15) is 41.0 Å². The molecule has 2 rings (SSSR count). The second-order valence-corrected chi connectivity index (χ2v) is 7.08. The van der Waals surface area contributed by atoms with E-state index in [1.54, 1.807) is 11.3 Å². The third kappa shape index (κ3) is 6.22. The molecule has 0 aliphatic rings. The molecular weight excluding hydrogens is 455 g/mol. The minimum atomic E-state index is 0. The Kier molecular flexibility index (Phi) is 9.01. The average Bonchev–Trinajstić information content (AvgIpc) is 2.83. The predicted octanol–water partition coefficient (Wildman–Crippen LogP) is 4.85. The van der Waals surface area contributed by atoms with Crippen LogP contribution >= 0.6 is 46.9 Å². The summed E-state index contributed by atoms with van der Waals surface area (Å²) in [6.45, 7) is 9.69. The van der Waals surface area contributed by atoms with E-state index in [1.165, 1.54) is 10.4 Å². The Balaban J connectivity index is 0.00000288. The van der Waals surface area contributed by atoms with Crippen LogP contribution in [0.3, 0.4) is 0 Å². The van der Waals surface area contributed by atoms with E-state index in [-0.39, 0.29) is 30.0 Å². The number of nitrogens with zero attached hydrogens (tertiary/aromatic N) is 2. The molecule has 132 valence electrons. The van der Waals surface area contributed by atoms with Gasteiger partial charge in [0.2, 0.25) is 0 Å². The van der Waals surface area contributed by atoms with E-state index in [9.17, 15) is 0 Å². The highest BCUT2D eigenvalue weighted by Crippen LogP contribution is 2.18. The third-order valence-corrected chi connectivity index (χ3v) is 4.76. The van der Waals surface area contributed by atoms with Crippen molar-refractivity contribution in [2.24, 2.45) is 4.99 Å². The van der Waals surface area contributed by atoms with Gasteiger partial charge >= 0.3 is 0 Å². The average molecular weight is 479 g/mol. The topological polar surface area (TPSA) is 49.3 Å². The van der Waals surface area contributed by atoms with Gasteiger partial charge in [-0.25, -0.2) is 9.98 Å². The summed E-state index contributed by atoms with van der Waals surface area (Å²) in [5.74, 6) is 0.806. The van der Waals surface area contributed by atoms with E-state index in [2.05, 4.69) is 34.5 Å². The summed E-state index contributed by atoms with van der Waals surface area (Å²) in [7, 11) is 0. The van der Waals surface area contributed by atoms with Crippen molar-refractivity contribution in [1.82, 2.24) is 15.6 Å². The number of halogens is 2. The van der Waals surface area contributed by atoms with Gasteiger partial charge in [0.1, 0.15) is 0 Å². The lowest BCUT2D eigenvalue weighted by Crippen LogP contribution is -2.38. The molecule has 2 N–H and O–H groups in total. The largest absolute Gasteiger partial charge is 0.357 e. The molecule has 0 saturated heterocycles. The molecule has 0 amide bonds. The summed E-state index contributed by atoms with van der Waals surface area (Å²) in [6, 6.07) is 8.01. The number of aryl methyl sites for hydroxylation is 2. The van der Waals surface area contributed by atoms with Gasteiger partial charge in [-0.05, 0) is 45.4 Å². The van der Waals surface area contributed by atoms with Crippen molar-refractivity contribution < 1.29 is 0 Å². The van der Waals surface area contributed by atoms with Gasteiger partial charge in [0.15, 0.2) is 5.96 Å². The summed E-state index contributed by atoms with van der Waals surface area (Å²) in [4.78, 5) is 10.3. The molecule has 1 aromatic carbocycles. The molecule has 24 heavy (non-hydrogen) atoms. The quantitative estimate of drug-likeness (QED) is 0.367. The zero-order valence-corrected chi connectivity index (χ0v) is 18.3. The lowest BCUT2D eigenvalue weighted by atomic mass is 10.1. The van der Waals surface area contributed by atoms with Crippen LogP contribution in [0.25, 0.3) is 0 Å². The van der Waals surface area contributed by atoms with Gasteiger partial charge in [-0.2, -0.15) is 0 Å². The van der Waals surface area contributed by atoms with E-state index in [1.807, 2.05) is 38.1 Å². The van der Waals surface area contributed by atoms with Crippen LogP contribution in [0.4, 0.5) is 0 Å². The van der Waals surface area contributed by atoms with E-state index in [4.69, 9.17) is 11.6 Å². The smallest absolute Gasteiger partial charge is 0.192 e. The Bertz CT molecular complexity index is 670. The molecule has 0 bridgehead atoms. The Morgan fingerprint density at radius 2 is 1.96 bits per heavy atom. The van der Waals surface area contributed by atoms with Crippen molar-refractivity contribution in [3.05, 3.63) is 50.4 Å². The zero-order chi connectivity index (χ0) is 16.8. The Hall–Kier alpha value is -0.860. The molecule has 1 atom stereocenters. The van der Waals surface area contributed by atoms with Crippen LogP contribution in [0.2, 0.25) is 5.02 Å². The first-order valence-corrected chi connectivity index (χ1v) is 8.92. The summed E-state index contributed by atoms with van der Waals surface area (Å²) in [5.41, 5.74) is 2.24. The molecule has 4 nitrogen and oxygen atoms in total. The minimum absolute atomic E-state index is 0. The van der Waals surface area contributed by atoms with Gasteiger partial charge in [0, 0.05) is 16.4 Å². The van der Waals surface area contributed by atoms with Crippen molar-refractivity contribution in [2.75, 3.05) is 6.54 Å². The number of guanidine groups is 1. The molecule has 0 fully saturated rings. The first-order valence-electron chi connectivity index (χ1n) is 7.72. The molecule has 2 aromatic rings. The Morgan fingerprint density at radius 3 is 2.50 bits per heavy atom. The summed E-state index contributed by atoms with van der Waals surface area (Å²) in [5, 5.41) is 8.55. The summed E-state index contributed by atoms with van der Waals surface area (Å²) in [6.07, 6.45) is 0. The Morgan fingerprint density at radius 1 is 1.29 bits per heavy atom. The highest BCUT2D eigenvalue weighted by Gasteiger charge is 2.09. The molecular formula is C17H24ClIN4S. The molecule has 0 radical (unpaired) electrons. The highest BCUT2D eigenvalue weighted by atomic mass is 127. The van der Waals surface area contributed by atoms with E-state index in [0.717, 1.165) is 28.2 Å². The third-order valence-electron chi connectivity index (χ3n) is 3.45. The number of thiazole rings is 1. The van der Waals surface area contributed by atoms with E-state index in [0.29, 0.717) is 6.54 Å². The lowest BCUT2D eigenvalue weighted by Gasteiger charge is -2.18. The van der Waals surface area contributed by atoms with Gasteiger partial charge in [0.05, 0.1) is 23.3 Å². The van der Waals surface area contributed by atoms with E-state index < -0.39 is 0 Å². The number of hydrogen-bond donors (Lipinski definition) is 2. The van der Waals surface area contributed by atoms with Crippen molar-refractivity contribution in [3.8, 4) is 0 Å². The number of nitrogens with one attached hydrogen (secondary N) is 2. The van der Waals surface area contributed by atoms with Crippen molar-refractivity contribution >= 4 is 52.9 Å². The number of rotatable bonds is 5.